The summed E-state index contributed by atoms with van der Waals surface area (Å²) >= 11 is 3.35. The fourth-order valence-corrected chi connectivity index (χ4v) is 2.54. The number of ether oxygens (including phenoxy) is 1. The Morgan fingerprint density at radius 3 is 2.73 bits per heavy atom. The number of carboxylic acids is 1. The van der Waals surface area contributed by atoms with Crippen LogP contribution in [0.4, 0.5) is 4.79 Å². The molecule has 22 heavy (non-hydrogen) atoms. The van der Waals surface area contributed by atoms with Crippen molar-refractivity contribution in [3.63, 3.8) is 0 Å². The van der Waals surface area contributed by atoms with E-state index in [0.29, 0.717) is 19.5 Å². The van der Waals surface area contributed by atoms with Crippen molar-refractivity contribution in [2.24, 2.45) is 5.92 Å². The third-order valence-electron chi connectivity index (χ3n) is 3.52. The number of nitrogens with zero attached hydrogens (tertiary/aromatic N) is 1. The zero-order valence-corrected chi connectivity index (χ0v) is 13.9. The Balaban J connectivity index is 1.74. The van der Waals surface area contributed by atoms with Crippen LogP contribution in [0.3, 0.4) is 0 Å². The molecule has 0 radical (unpaired) electrons. The topological polar surface area (TPSA) is 78.9 Å². The number of carboxylic acid groups (broad SMARTS) is 1. The first-order valence-electron chi connectivity index (χ1n) is 7.13. The van der Waals surface area contributed by atoms with Gasteiger partial charge in [0.05, 0.1) is 12.5 Å². The molecule has 0 aromatic heterocycles. The zero-order chi connectivity index (χ0) is 16.1. The summed E-state index contributed by atoms with van der Waals surface area (Å²) in [5.74, 6) is -0.568. The average Bonchev–Trinajstić information content (AvgIpc) is 2.97. The Labute approximate surface area is 137 Å². The minimum absolute atomic E-state index is 0.178. The Bertz CT molecular complexity index is 535. The summed E-state index contributed by atoms with van der Waals surface area (Å²) in [6.45, 7) is 2.98. The van der Waals surface area contributed by atoms with Crippen molar-refractivity contribution in [2.45, 2.75) is 19.4 Å². The minimum atomic E-state index is -0.845. The second-order valence-electron chi connectivity index (χ2n) is 5.34. The number of urea groups is 1. The van der Waals surface area contributed by atoms with Gasteiger partial charge < -0.3 is 20.1 Å². The summed E-state index contributed by atoms with van der Waals surface area (Å²) in [6.07, 6.45) is 0.330. The molecule has 1 aromatic rings. The van der Waals surface area contributed by atoms with Crippen LogP contribution in [-0.4, -0.2) is 47.7 Å². The lowest BCUT2D eigenvalue weighted by Crippen LogP contribution is -2.42. The van der Waals surface area contributed by atoms with E-state index in [-0.39, 0.29) is 18.7 Å². The lowest BCUT2D eigenvalue weighted by molar-refractivity contribution is -0.141. The highest BCUT2D eigenvalue weighted by molar-refractivity contribution is 9.10. The number of rotatable bonds is 5. The van der Waals surface area contributed by atoms with Crippen molar-refractivity contribution in [3.8, 4) is 5.75 Å². The summed E-state index contributed by atoms with van der Waals surface area (Å²) in [6, 6.07) is 7.23. The summed E-state index contributed by atoms with van der Waals surface area (Å²) in [4.78, 5) is 24.4. The molecule has 2 rings (SSSR count). The largest absolute Gasteiger partial charge is 0.489 e. The van der Waals surface area contributed by atoms with Gasteiger partial charge in [0.25, 0.3) is 0 Å². The van der Waals surface area contributed by atoms with Crippen molar-refractivity contribution in [1.29, 1.82) is 0 Å². The van der Waals surface area contributed by atoms with Gasteiger partial charge in [-0.25, -0.2) is 4.79 Å². The SMILES string of the molecule is CC(CNC(=O)N1CCC(C(=O)O)C1)Oc1ccc(Br)cc1. The first-order valence-corrected chi connectivity index (χ1v) is 7.93. The van der Waals surface area contributed by atoms with Crippen LogP contribution in [0.5, 0.6) is 5.75 Å². The van der Waals surface area contributed by atoms with E-state index >= 15 is 0 Å². The second-order valence-corrected chi connectivity index (χ2v) is 6.25. The Morgan fingerprint density at radius 2 is 2.14 bits per heavy atom. The highest BCUT2D eigenvalue weighted by Gasteiger charge is 2.30. The van der Waals surface area contributed by atoms with Gasteiger partial charge in [0.1, 0.15) is 11.9 Å². The van der Waals surface area contributed by atoms with E-state index in [1.54, 1.807) is 0 Å². The van der Waals surface area contributed by atoms with Crippen LogP contribution < -0.4 is 10.1 Å². The van der Waals surface area contributed by atoms with Crippen LogP contribution in [-0.2, 0) is 4.79 Å². The summed E-state index contributed by atoms with van der Waals surface area (Å²) in [5, 5.41) is 11.7. The molecule has 7 heteroatoms. The van der Waals surface area contributed by atoms with Gasteiger partial charge in [-0.15, -0.1) is 0 Å². The fraction of sp³-hybridized carbons (Fsp3) is 0.467. The molecule has 120 valence electrons. The number of aliphatic carboxylic acids is 1. The maximum Gasteiger partial charge on any atom is 0.317 e. The van der Waals surface area contributed by atoms with Crippen molar-refractivity contribution in [2.75, 3.05) is 19.6 Å². The van der Waals surface area contributed by atoms with Gasteiger partial charge in [-0.1, -0.05) is 15.9 Å². The zero-order valence-electron chi connectivity index (χ0n) is 12.3. The van der Waals surface area contributed by atoms with Crippen molar-refractivity contribution >= 4 is 27.9 Å². The van der Waals surface area contributed by atoms with Crippen molar-refractivity contribution in [1.82, 2.24) is 10.2 Å². The number of likely N-dealkylation sites (tertiary alicyclic amines) is 1. The quantitative estimate of drug-likeness (QED) is 0.833. The minimum Gasteiger partial charge on any atom is -0.489 e. The number of carbonyl (C=O) groups is 2. The number of carbonyl (C=O) groups excluding carboxylic acids is 1. The summed E-state index contributed by atoms with van der Waals surface area (Å²) in [7, 11) is 0. The lowest BCUT2D eigenvalue weighted by Gasteiger charge is -2.20. The maximum absolute atomic E-state index is 12.0. The van der Waals surface area contributed by atoms with Crippen LogP contribution in [0, 0.1) is 5.92 Å². The van der Waals surface area contributed by atoms with Crippen LogP contribution >= 0.6 is 15.9 Å². The molecule has 1 aliphatic heterocycles. The van der Waals surface area contributed by atoms with E-state index in [4.69, 9.17) is 9.84 Å². The highest BCUT2D eigenvalue weighted by atomic mass is 79.9. The first-order chi connectivity index (χ1) is 10.5. The standard InChI is InChI=1S/C15H19BrN2O4/c1-10(22-13-4-2-12(16)3-5-13)8-17-15(21)18-7-6-11(9-18)14(19)20/h2-5,10-11H,6-9H2,1H3,(H,17,21)(H,19,20). The first kappa shape index (κ1) is 16.6. The third-order valence-corrected chi connectivity index (χ3v) is 4.05. The molecule has 6 nitrogen and oxygen atoms in total. The molecule has 2 amide bonds. The molecule has 1 fully saturated rings. The fourth-order valence-electron chi connectivity index (χ4n) is 2.28. The highest BCUT2D eigenvalue weighted by Crippen LogP contribution is 2.18. The number of nitrogens with one attached hydrogen (secondary N) is 1. The third kappa shape index (κ3) is 4.62. The molecule has 0 spiro atoms. The maximum atomic E-state index is 12.0. The number of hydrogen-bond acceptors (Lipinski definition) is 3. The van der Waals surface area contributed by atoms with E-state index in [1.807, 2.05) is 31.2 Å². The molecule has 2 atom stereocenters. The number of halogens is 1. The number of benzene rings is 1. The van der Waals surface area contributed by atoms with Gasteiger partial charge in [-0.3, -0.25) is 4.79 Å². The number of hydrogen-bond donors (Lipinski definition) is 2. The predicted octanol–water partition coefficient (Wildman–Crippen LogP) is 2.33. The molecule has 0 bridgehead atoms. The van der Waals surface area contributed by atoms with Crippen LogP contribution in [0.1, 0.15) is 13.3 Å². The van der Waals surface area contributed by atoms with E-state index < -0.39 is 11.9 Å². The Morgan fingerprint density at radius 1 is 1.45 bits per heavy atom. The van der Waals surface area contributed by atoms with E-state index in [0.717, 1.165) is 10.2 Å². The van der Waals surface area contributed by atoms with Gasteiger partial charge in [0.15, 0.2) is 0 Å². The number of amides is 2. The molecule has 2 unspecified atom stereocenters. The molecule has 2 N–H and O–H groups in total. The van der Waals surface area contributed by atoms with Gasteiger partial charge in [-0.2, -0.15) is 0 Å². The second kappa shape index (κ2) is 7.49. The molecule has 1 heterocycles. The van der Waals surface area contributed by atoms with Crippen molar-refractivity contribution < 1.29 is 19.4 Å². The van der Waals surface area contributed by atoms with E-state index in [1.165, 1.54) is 4.90 Å². The normalized spacial score (nSPS) is 18.8. The molecule has 1 aromatic carbocycles. The smallest absolute Gasteiger partial charge is 0.317 e. The Kier molecular flexibility index (Phi) is 5.65. The molecule has 1 aliphatic rings. The molecular weight excluding hydrogens is 352 g/mol. The molecule has 0 saturated carbocycles. The summed E-state index contributed by atoms with van der Waals surface area (Å²) < 4.78 is 6.67. The molecule has 0 aliphatic carbocycles. The lowest BCUT2D eigenvalue weighted by atomic mass is 10.1. The predicted molar refractivity (Wildman–Crippen MR) is 84.9 cm³/mol. The van der Waals surface area contributed by atoms with Gasteiger partial charge >= 0.3 is 12.0 Å². The van der Waals surface area contributed by atoms with Crippen LogP contribution in [0.15, 0.2) is 28.7 Å². The summed E-state index contributed by atoms with van der Waals surface area (Å²) in [5.41, 5.74) is 0. The molecule has 1 saturated heterocycles. The van der Waals surface area contributed by atoms with Crippen LogP contribution in [0.25, 0.3) is 0 Å². The average molecular weight is 371 g/mol. The van der Waals surface area contributed by atoms with Gasteiger partial charge in [0.2, 0.25) is 0 Å². The van der Waals surface area contributed by atoms with Gasteiger partial charge in [0, 0.05) is 17.6 Å². The van der Waals surface area contributed by atoms with E-state index in [9.17, 15) is 9.59 Å². The van der Waals surface area contributed by atoms with E-state index in [2.05, 4.69) is 21.2 Å². The monoisotopic (exact) mass is 370 g/mol. The van der Waals surface area contributed by atoms with Gasteiger partial charge in [-0.05, 0) is 37.6 Å². The Hall–Kier alpha value is -1.76. The van der Waals surface area contributed by atoms with Crippen LogP contribution in [0.2, 0.25) is 0 Å². The molecular formula is C15H19BrN2O4. The van der Waals surface area contributed by atoms with Crippen molar-refractivity contribution in [3.05, 3.63) is 28.7 Å².